The summed E-state index contributed by atoms with van der Waals surface area (Å²) in [5, 5.41) is 34.0. The summed E-state index contributed by atoms with van der Waals surface area (Å²) in [6, 6.07) is 5.90. The van der Waals surface area contributed by atoms with E-state index in [2.05, 4.69) is 28.9 Å². The number of Topliss-reactive ketones (excluding diaryl/α,β-unsaturated/α-hetero) is 1. The average Bonchev–Trinajstić information content (AvgIpc) is 3.53. The van der Waals surface area contributed by atoms with Gasteiger partial charge in [0, 0.05) is 23.8 Å². The van der Waals surface area contributed by atoms with Crippen molar-refractivity contribution >= 4 is 73.5 Å². The zero-order valence-corrected chi connectivity index (χ0v) is 44.2. The third-order valence-electron chi connectivity index (χ3n) is 6.22. The van der Waals surface area contributed by atoms with Crippen LogP contribution in [0.4, 0.5) is 5.69 Å². The normalized spacial score (nSPS) is 13.6. The van der Waals surface area contributed by atoms with Crippen LogP contribution in [0.25, 0.3) is 11.8 Å². The number of hydrogen-bond acceptors (Lipinski definition) is 19. The molecule has 53 heavy (non-hydrogen) atoms. The van der Waals surface area contributed by atoms with Crippen LogP contribution < -0.4 is 227 Å². The largest absolute Gasteiger partial charge is 1.00 e. The van der Waals surface area contributed by atoms with Gasteiger partial charge in [0.05, 0.1) is 68.7 Å². The van der Waals surface area contributed by atoms with Gasteiger partial charge in [-0.2, -0.15) is 18.8 Å². The van der Waals surface area contributed by atoms with E-state index in [0.29, 0.717) is 33.8 Å². The number of methoxy groups -OCH3 is 1. The monoisotopic (exact) mass is 914 g/mol. The van der Waals surface area contributed by atoms with E-state index in [1.165, 1.54) is 7.11 Å². The summed E-state index contributed by atoms with van der Waals surface area (Å²) in [6.45, 7) is 0.794. The number of aromatic amines is 1. The summed E-state index contributed by atoms with van der Waals surface area (Å²) >= 11 is 0.668. The number of nitrogens with zero attached hydrogens (tertiary/aromatic N) is 3. The van der Waals surface area contributed by atoms with Crippen LogP contribution in [-0.4, -0.2) is 60.2 Å². The summed E-state index contributed by atoms with van der Waals surface area (Å²) in [5.74, 6) is -1.83. The van der Waals surface area contributed by atoms with Gasteiger partial charge in [0.15, 0.2) is 5.78 Å². The minimum Gasteiger partial charge on any atom is -0.744 e. The van der Waals surface area contributed by atoms with Gasteiger partial charge in [0.1, 0.15) is 25.9 Å². The smallest absolute Gasteiger partial charge is 0.744 e. The molecule has 262 valence electrons. The van der Waals surface area contributed by atoms with Gasteiger partial charge in [-0.3, -0.25) is 29.6 Å². The number of anilines is 1. The van der Waals surface area contributed by atoms with Crippen molar-refractivity contribution in [1.82, 2.24) is 9.78 Å². The number of carbonyl (C=O) groups excluding carboxylic acids is 2. The first-order valence-electron chi connectivity index (χ1n) is 12.7. The second kappa shape index (κ2) is 25.3. The third-order valence-corrected chi connectivity index (χ3v) is 9.12. The van der Waals surface area contributed by atoms with Crippen molar-refractivity contribution in [3.8, 4) is 5.69 Å². The Balaban J connectivity index is 0.00000676. The Labute approximate surface area is 479 Å². The molecule has 20 nitrogen and oxygen atoms in total. The van der Waals surface area contributed by atoms with E-state index in [4.69, 9.17) is 4.74 Å². The van der Waals surface area contributed by atoms with Crippen LogP contribution in [0.15, 0.2) is 83.6 Å². The van der Waals surface area contributed by atoms with E-state index in [0.717, 1.165) is 61.5 Å². The van der Waals surface area contributed by atoms with Crippen LogP contribution in [-0.2, 0) is 59.9 Å². The second-order valence-electron chi connectivity index (χ2n) is 9.24. The summed E-state index contributed by atoms with van der Waals surface area (Å²) in [5.41, 5.74) is -2.94. The van der Waals surface area contributed by atoms with Gasteiger partial charge in [0.25, 0.3) is 11.5 Å². The van der Waals surface area contributed by atoms with Gasteiger partial charge in [-0.1, -0.05) is 6.08 Å². The molecular weight excluding hydrogens is 897 g/mol. The first kappa shape index (κ1) is 55.5. The molecule has 28 heteroatoms. The van der Waals surface area contributed by atoms with Gasteiger partial charge >= 0.3 is 206 Å². The van der Waals surface area contributed by atoms with E-state index >= 15 is 0 Å². The Kier molecular flexibility index (Phi) is 26.5. The molecule has 2 heterocycles. The Bertz CT molecular complexity index is 2180. The number of hydrazone groups is 1. The number of H-pyrrole nitrogens is 1. The molecule has 3 aromatic rings. The van der Waals surface area contributed by atoms with Crippen molar-refractivity contribution in [2.45, 2.75) is 33.1 Å². The number of benzene rings is 2. The zero-order valence-electron chi connectivity index (χ0n) is 28.4. The van der Waals surface area contributed by atoms with Crippen LogP contribution in [0, 0.1) is 0 Å². The predicted molar refractivity (Wildman–Crippen MR) is 158 cm³/mol. The summed E-state index contributed by atoms with van der Waals surface area (Å²) in [7, 11) is -9.08. The first-order valence-corrected chi connectivity index (χ1v) is 17.0. The van der Waals surface area contributed by atoms with Crippen LogP contribution in [0.2, 0.25) is 0 Å². The molecule has 1 aliphatic heterocycles. The van der Waals surface area contributed by atoms with E-state index in [1.54, 1.807) is 0 Å². The standard InChI is InChI=1S/C25H22N4O16S4.4K/c1-13(30)23-17(25(32)29(27-23)20-11-15(47-45-43-34)7-9-22(20)49(38,39)40)5-3-4-16-18(12-41-2)26-28(24(16)31)19-10-14(46-44-42-33)6-8-21(19)48(35,36)37;;;;/h3-11,26,33-34H,12H2,1-2H3,(H,35,36,37)(H,38,39,40);;;;/q;4*+1/p-4/b4-3+,17-5+;;;;. The molecule has 0 fully saturated rings. The molecule has 0 saturated carbocycles. The molecule has 4 rings (SSSR count). The molecule has 0 unspecified atom stereocenters. The van der Waals surface area contributed by atoms with Gasteiger partial charge in [-0.05, 0) is 48.6 Å². The minimum absolute atomic E-state index is 0. The number of allylic oxidation sites excluding steroid dienone is 2. The topological polar surface area (TPSA) is 294 Å². The molecule has 2 aromatic carbocycles. The molecule has 0 bridgehead atoms. The fourth-order valence-corrected chi connectivity index (χ4v) is 6.34. The van der Waals surface area contributed by atoms with Crippen molar-refractivity contribution < 1.29 is 275 Å². The number of nitrogens with one attached hydrogen (secondary N) is 1. The van der Waals surface area contributed by atoms with Crippen molar-refractivity contribution in [1.29, 1.82) is 0 Å². The molecular formula is C25H18K4N4O16S4. The quantitative estimate of drug-likeness (QED) is 0.0370. The van der Waals surface area contributed by atoms with E-state index < -0.39 is 69.9 Å². The van der Waals surface area contributed by atoms with Gasteiger partial charge in [-0.15, -0.1) is 0 Å². The SMILES string of the molecule is COCc1[nH]n(-c2cc(SOO[O-])ccc2S(=O)(=O)[O-])c(=O)c1/C=C/C=C1/C(=O)N(c2cc(SOO[O-])ccc2S(=O)(=O)[O-])N=C1C(C)=O.[K+].[K+].[K+].[K+]. The van der Waals surface area contributed by atoms with Gasteiger partial charge < -0.3 is 24.4 Å². The molecule has 0 spiro atoms. The molecule has 1 aromatic heterocycles. The summed E-state index contributed by atoms with van der Waals surface area (Å²) < 4.78 is 86.1. The van der Waals surface area contributed by atoms with Crippen molar-refractivity contribution in [3.05, 3.63) is 75.7 Å². The molecule has 0 aliphatic carbocycles. The fourth-order valence-electron chi connectivity index (χ4n) is 4.29. The molecule has 1 N–H and O–H groups in total. The number of aromatic nitrogens is 2. The maximum atomic E-state index is 13.5. The third kappa shape index (κ3) is 14.6. The fraction of sp³-hybridized carbons (Fsp3) is 0.120. The Morgan fingerprint density at radius 2 is 1.40 bits per heavy atom. The minimum atomic E-state index is -5.21. The molecule has 0 saturated heterocycles. The van der Waals surface area contributed by atoms with E-state index in [9.17, 15) is 50.8 Å². The molecule has 1 aliphatic rings. The van der Waals surface area contributed by atoms with Crippen LogP contribution >= 0.6 is 24.1 Å². The Morgan fingerprint density at radius 1 is 0.887 bits per heavy atom. The Morgan fingerprint density at radius 3 is 1.87 bits per heavy atom. The van der Waals surface area contributed by atoms with Crippen LogP contribution in [0.1, 0.15) is 18.2 Å². The number of carbonyl (C=O) groups is 2. The molecule has 0 atom stereocenters. The average molecular weight is 915 g/mol. The molecule has 0 radical (unpaired) electrons. The number of amides is 1. The van der Waals surface area contributed by atoms with Crippen LogP contribution in [0.5, 0.6) is 0 Å². The number of rotatable bonds is 15. The maximum Gasteiger partial charge on any atom is 1.00 e. The van der Waals surface area contributed by atoms with Crippen molar-refractivity contribution in [2.75, 3.05) is 12.1 Å². The first-order chi connectivity index (χ1) is 23.1. The maximum absolute atomic E-state index is 13.5. The number of ether oxygens (including phenoxy) is 1. The molecule has 1 amide bonds. The second-order valence-corrected chi connectivity index (χ2v) is 13.5. The Hall–Kier alpha value is 2.53. The summed E-state index contributed by atoms with van der Waals surface area (Å²) in [6.07, 6.45) is 3.34. The van der Waals surface area contributed by atoms with Gasteiger partial charge in [0.2, 0.25) is 0 Å². The number of hydrogen-bond donors (Lipinski definition) is 1. The van der Waals surface area contributed by atoms with Crippen molar-refractivity contribution in [3.63, 3.8) is 0 Å². The van der Waals surface area contributed by atoms with Crippen LogP contribution in [0.3, 0.4) is 0 Å². The summed E-state index contributed by atoms with van der Waals surface area (Å²) in [4.78, 5) is 37.8. The predicted octanol–water partition coefficient (Wildman–Crippen LogP) is -12.5. The van der Waals surface area contributed by atoms with E-state index in [1.807, 2.05) is 0 Å². The number of ketones is 1. The van der Waals surface area contributed by atoms with E-state index in [-0.39, 0.29) is 233 Å². The van der Waals surface area contributed by atoms with Crippen molar-refractivity contribution in [2.24, 2.45) is 5.10 Å². The zero-order chi connectivity index (χ0) is 36.1. The van der Waals surface area contributed by atoms with Gasteiger partial charge in [-0.25, -0.2) is 21.5 Å².